The van der Waals surface area contributed by atoms with Gasteiger partial charge in [-0.2, -0.15) is 0 Å². The molecule has 5 aromatic rings. The number of allylic oxidation sites excluding steroid dienone is 2. The number of aromatic nitrogens is 1. The molecule has 0 bridgehead atoms. The predicted molar refractivity (Wildman–Crippen MR) is 159 cm³/mol. The summed E-state index contributed by atoms with van der Waals surface area (Å²) >= 11 is 0. The van der Waals surface area contributed by atoms with Crippen molar-refractivity contribution in [1.82, 2.24) is 4.98 Å². The molecule has 0 amide bonds. The lowest BCUT2D eigenvalue weighted by Crippen LogP contribution is -2.13. The Kier molecular flexibility index (Phi) is 6.27. The van der Waals surface area contributed by atoms with Gasteiger partial charge >= 0.3 is 0 Å². The molecule has 37 heavy (non-hydrogen) atoms. The summed E-state index contributed by atoms with van der Waals surface area (Å²) in [5.41, 5.74) is 7.56. The van der Waals surface area contributed by atoms with Gasteiger partial charge in [-0.05, 0) is 99.2 Å². The van der Waals surface area contributed by atoms with Crippen molar-refractivity contribution in [1.29, 1.82) is 0 Å². The Morgan fingerprint density at radius 1 is 0.730 bits per heavy atom. The number of hydrogen-bond acceptors (Lipinski definition) is 1. The Hall–Kier alpha value is -3.89. The Bertz CT molecular complexity index is 1710. The molecule has 0 spiro atoms. The summed E-state index contributed by atoms with van der Waals surface area (Å²) in [6.07, 6.45) is 5.77. The normalized spacial score (nSPS) is 14.0. The summed E-state index contributed by atoms with van der Waals surface area (Å²) in [6.45, 7) is 6.91. The van der Waals surface area contributed by atoms with Gasteiger partial charge in [0.1, 0.15) is 5.69 Å². The van der Waals surface area contributed by atoms with Gasteiger partial charge in [0.25, 0.3) is 0 Å². The van der Waals surface area contributed by atoms with E-state index in [0.29, 0.717) is 5.92 Å². The third-order valence-electron chi connectivity index (χ3n) is 8.05. The molecule has 1 atom stereocenters. The highest BCUT2D eigenvalue weighted by atomic mass is 14.7. The summed E-state index contributed by atoms with van der Waals surface area (Å²) < 4.78 is 0. The van der Waals surface area contributed by atoms with Gasteiger partial charge in [-0.15, -0.1) is 0 Å². The first-order valence-electron chi connectivity index (χ1n) is 13.7. The topological polar surface area (TPSA) is 12.9 Å². The van der Waals surface area contributed by atoms with Gasteiger partial charge in [0.15, 0.2) is 0 Å². The smallest absolute Gasteiger partial charge is 0.114 e. The van der Waals surface area contributed by atoms with Crippen molar-refractivity contribution < 1.29 is 0 Å². The molecule has 1 nitrogen and oxygen atoms in total. The van der Waals surface area contributed by atoms with Crippen molar-refractivity contribution >= 4 is 37.9 Å². The Balaban J connectivity index is 1.45. The van der Waals surface area contributed by atoms with Crippen LogP contribution < -0.4 is 0 Å². The summed E-state index contributed by atoms with van der Waals surface area (Å²) in [5, 5.41) is 7.69. The monoisotopic (exact) mass is 479 g/mol. The van der Waals surface area contributed by atoms with Crippen LogP contribution in [-0.2, 0) is 6.42 Å². The molecule has 1 heterocycles. The molecule has 4 aromatic carbocycles. The van der Waals surface area contributed by atoms with E-state index < -0.39 is 0 Å². The maximum atomic E-state index is 5.13. The highest BCUT2D eigenvalue weighted by Crippen LogP contribution is 2.38. The maximum absolute atomic E-state index is 5.13. The zero-order valence-electron chi connectivity index (χ0n) is 22.1. The number of pyridine rings is 1. The maximum Gasteiger partial charge on any atom is 0.114 e. The van der Waals surface area contributed by atoms with Gasteiger partial charge in [0, 0.05) is 5.56 Å². The molecule has 0 saturated carbocycles. The molecule has 1 aliphatic carbocycles. The van der Waals surface area contributed by atoms with E-state index in [4.69, 9.17) is 4.98 Å². The lowest BCUT2D eigenvalue weighted by molar-refractivity contribution is 0.682. The van der Waals surface area contributed by atoms with Crippen molar-refractivity contribution in [3.05, 3.63) is 107 Å². The molecule has 1 aromatic heterocycles. The standard InChI is InChI=1S/C36H33N/c1-4-10-26-17-18-27-19-21-28(37-36(27)35(26)24(3)5-2)20-15-25-16-22-33-31-13-7-6-11-29(31)30-12-8-9-14-32(30)34(33)23-25/h6-9,11-14,16,19,21-24H,4-5,10,17-18H2,1-3H3. The van der Waals surface area contributed by atoms with Crippen LogP contribution in [0.15, 0.2) is 84.4 Å². The van der Waals surface area contributed by atoms with Crippen LogP contribution >= 0.6 is 0 Å². The zero-order valence-corrected chi connectivity index (χ0v) is 22.1. The first-order chi connectivity index (χ1) is 18.2. The summed E-state index contributed by atoms with van der Waals surface area (Å²) in [4.78, 5) is 5.13. The van der Waals surface area contributed by atoms with Crippen molar-refractivity contribution in [2.24, 2.45) is 5.92 Å². The van der Waals surface area contributed by atoms with Gasteiger partial charge in [-0.1, -0.05) is 99.3 Å². The summed E-state index contributed by atoms with van der Waals surface area (Å²) in [6, 6.07) is 28.4. The van der Waals surface area contributed by atoms with Crippen LogP contribution in [0.1, 0.15) is 69.0 Å². The third-order valence-corrected chi connectivity index (χ3v) is 8.05. The Morgan fingerprint density at radius 3 is 2.03 bits per heavy atom. The van der Waals surface area contributed by atoms with E-state index in [0.717, 1.165) is 24.1 Å². The fourth-order valence-electron chi connectivity index (χ4n) is 6.05. The molecule has 0 saturated heterocycles. The van der Waals surface area contributed by atoms with E-state index in [1.165, 1.54) is 68.4 Å². The number of aryl methyl sites for hydroxylation is 1. The Labute approximate surface area is 220 Å². The molecule has 0 N–H and O–H groups in total. The van der Waals surface area contributed by atoms with E-state index in [1.54, 1.807) is 5.57 Å². The largest absolute Gasteiger partial charge is 0.239 e. The fraction of sp³-hybridized carbons (Fsp3) is 0.250. The van der Waals surface area contributed by atoms with Gasteiger partial charge < -0.3 is 0 Å². The molecule has 0 aliphatic heterocycles. The number of nitrogens with zero attached hydrogens (tertiary/aromatic N) is 1. The second-order valence-corrected chi connectivity index (χ2v) is 10.4. The highest BCUT2D eigenvalue weighted by molar-refractivity contribution is 6.25. The SMILES string of the molecule is CCCC1=C(C(C)CC)c2nc(C#Cc3ccc4c5ccccc5c5ccccc5c4c3)ccc2CC1. The minimum Gasteiger partial charge on any atom is -0.239 e. The van der Waals surface area contributed by atoms with Gasteiger partial charge in [0.05, 0.1) is 5.69 Å². The summed E-state index contributed by atoms with van der Waals surface area (Å²) in [5.74, 6) is 7.37. The van der Waals surface area contributed by atoms with Gasteiger partial charge in [-0.3, -0.25) is 0 Å². The first-order valence-corrected chi connectivity index (χ1v) is 13.7. The number of rotatable bonds is 4. The van der Waals surface area contributed by atoms with Gasteiger partial charge in [-0.25, -0.2) is 4.98 Å². The average Bonchev–Trinajstić information content (AvgIpc) is 2.95. The third kappa shape index (κ3) is 4.21. The quantitative estimate of drug-likeness (QED) is 0.185. The molecule has 0 radical (unpaired) electrons. The van der Waals surface area contributed by atoms with Crippen LogP contribution in [0.5, 0.6) is 0 Å². The van der Waals surface area contributed by atoms with Crippen LogP contribution in [0.25, 0.3) is 37.9 Å². The number of fused-ring (bicyclic) bond motifs is 7. The molecule has 1 unspecified atom stereocenters. The first kappa shape index (κ1) is 23.5. The second-order valence-electron chi connectivity index (χ2n) is 10.4. The lowest BCUT2D eigenvalue weighted by Gasteiger charge is -2.26. The van der Waals surface area contributed by atoms with Crippen LogP contribution in [0.2, 0.25) is 0 Å². The van der Waals surface area contributed by atoms with Crippen LogP contribution in [0.4, 0.5) is 0 Å². The second kappa shape index (κ2) is 9.87. The van der Waals surface area contributed by atoms with E-state index in [9.17, 15) is 0 Å². The number of hydrogen-bond donors (Lipinski definition) is 0. The molecule has 6 rings (SSSR count). The fourth-order valence-corrected chi connectivity index (χ4v) is 6.05. The summed E-state index contributed by atoms with van der Waals surface area (Å²) in [7, 11) is 0. The molecule has 182 valence electrons. The van der Waals surface area contributed by atoms with Crippen molar-refractivity contribution in [2.45, 2.75) is 52.9 Å². The van der Waals surface area contributed by atoms with E-state index in [-0.39, 0.29) is 0 Å². The van der Waals surface area contributed by atoms with E-state index >= 15 is 0 Å². The Morgan fingerprint density at radius 2 is 1.38 bits per heavy atom. The zero-order chi connectivity index (χ0) is 25.4. The molecular weight excluding hydrogens is 446 g/mol. The molecule has 1 heteroatoms. The van der Waals surface area contributed by atoms with E-state index in [2.05, 4.69) is 111 Å². The average molecular weight is 480 g/mol. The highest BCUT2D eigenvalue weighted by Gasteiger charge is 2.23. The molecule has 0 fully saturated rings. The van der Waals surface area contributed by atoms with Crippen LogP contribution in [0, 0.1) is 17.8 Å². The molecule has 1 aliphatic rings. The molecular formula is C36H33N. The minimum atomic E-state index is 0.528. The lowest BCUT2D eigenvalue weighted by atomic mass is 9.80. The number of benzene rings is 4. The van der Waals surface area contributed by atoms with Crippen molar-refractivity contribution in [2.75, 3.05) is 0 Å². The van der Waals surface area contributed by atoms with E-state index in [1.807, 2.05) is 0 Å². The van der Waals surface area contributed by atoms with Crippen molar-refractivity contribution in [3.63, 3.8) is 0 Å². The minimum absolute atomic E-state index is 0.528. The predicted octanol–water partition coefficient (Wildman–Crippen LogP) is 9.49. The van der Waals surface area contributed by atoms with Crippen LogP contribution in [-0.4, -0.2) is 4.98 Å². The van der Waals surface area contributed by atoms with Crippen molar-refractivity contribution in [3.8, 4) is 11.8 Å². The van der Waals surface area contributed by atoms with Crippen LogP contribution in [0.3, 0.4) is 0 Å². The van der Waals surface area contributed by atoms with Gasteiger partial charge in [0.2, 0.25) is 0 Å².